The Balaban J connectivity index is 1.66. The Morgan fingerprint density at radius 2 is 1.93 bits per heavy atom. The van der Waals surface area contributed by atoms with E-state index < -0.39 is 0 Å². The van der Waals surface area contributed by atoms with Gasteiger partial charge in [0.2, 0.25) is 5.91 Å². The zero-order valence-corrected chi connectivity index (χ0v) is 17.1. The highest BCUT2D eigenvalue weighted by Crippen LogP contribution is 2.32. The molecule has 1 aliphatic heterocycles. The van der Waals surface area contributed by atoms with Gasteiger partial charge in [0.25, 0.3) is 0 Å². The molecular weight excluding hydrogens is 372 g/mol. The number of aromatic nitrogens is 5. The molecule has 1 saturated heterocycles. The van der Waals surface area contributed by atoms with Crippen molar-refractivity contribution in [3.8, 4) is 11.4 Å². The van der Waals surface area contributed by atoms with Crippen LogP contribution in [-0.4, -0.2) is 42.8 Å². The minimum Gasteiger partial charge on any atom is -0.361 e. The van der Waals surface area contributed by atoms with Crippen LogP contribution in [0, 0.1) is 27.7 Å². The molecule has 29 heavy (non-hydrogen) atoms. The van der Waals surface area contributed by atoms with Gasteiger partial charge in [-0.3, -0.25) is 4.79 Å². The zero-order valence-electron chi connectivity index (χ0n) is 17.1. The Bertz CT molecular complexity index is 1020. The SMILES string of the molecule is Cc1cc(C2CCCCN2C(=O)Cc2nonc2C)nc(-c2c(C)noc2C)n1. The Morgan fingerprint density at radius 1 is 1.10 bits per heavy atom. The lowest BCUT2D eigenvalue weighted by atomic mass is 9.97. The fourth-order valence-corrected chi connectivity index (χ4v) is 3.87. The fraction of sp³-hybridized carbons (Fsp3) is 0.500. The summed E-state index contributed by atoms with van der Waals surface area (Å²) in [4.78, 5) is 24.4. The molecule has 0 N–H and O–H groups in total. The highest BCUT2D eigenvalue weighted by molar-refractivity contribution is 5.79. The molecule has 1 aliphatic rings. The number of amides is 1. The zero-order chi connectivity index (χ0) is 20.5. The molecule has 1 atom stereocenters. The first-order valence-electron chi connectivity index (χ1n) is 9.80. The van der Waals surface area contributed by atoms with Crippen molar-refractivity contribution in [2.45, 2.75) is 59.4 Å². The maximum atomic E-state index is 13.1. The molecule has 0 aromatic carbocycles. The smallest absolute Gasteiger partial charge is 0.229 e. The van der Waals surface area contributed by atoms with Gasteiger partial charge in [-0.05, 0) is 53.0 Å². The van der Waals surface area contributed by atoms with Crippen molar-refractivity contribution in [3.63, 3.8) is 0 Å². The minimum atomic E-state index is -0.0997. The van der Waals surface area contributed by atoms with Gasteiger partial charge in [-0.2, -0.15) is 0 Å². The van der Waals surface area contributed by atoms with Crippen LogP contribution in [0.15, 0.2) is 15.2 Å². The van der Waals surface area contributed by atoms with E-state index in [-0.39, 0.29) is 18.4 Å². The topological polar surface area (TPSA) is 111 Å². The molecule has 9 nitrogen and oxygen atoms in total. The molecule has 4 heterocycles. The summed E-state index contributed by atoms with van der Waals surface area (Å²) in [5.74, 6) is 1.28. The molecule has 0 spiro atoms. The predicted molar refractivity (Wildman–Crippen MR) is 103 cm³/mol. The summed E-state index contributed by atoms with van der Waals surface area (Å²) >= 11 is 0. The van der Waals surface area contributed by atoms with E-state index in [1.165, 1.54) is 0 Å². The van der Waals surface area contributed by atoms with Gasteiger partial charge in [-0.15, -0.1) is 0 Å². The second-order valence-corrected chi connectivity index (χ2v) is 7.53. The molecule has 1 unspecified atom stereocenters. The van der Waals surface area contributed by atoms with Gasteiger partial charge in [0.1, 0.15) is 17.1 Å². The average Bonchev–Trinajstić information content (AvgIpc) is 3.26. The third-order valence-corrected chi connectivity index (χ3v) is 5.36. The van der Waals surface area contributed by atoms with Crippen LogP contribution in [0.25, 0.3) is 11.4 Å². The molecule has 0 radical (unpaired) electrons. The van der Waals surface area contributed by atoms with Gasteiger partial charge in [-0.25, -0.2) is 14.6 Å². The first-order valence-corrected chi connectivity index (χ1v) is 9.80. The van der Waals surface area contributed by atoms with Crippen LogP contribution in [0.5, 0.6) is 0 Å². The van der Waals surface area contributed by atoms with Crippen LogP contribution in [0.2, 0.25) is 0 Å². The molecule has 1 fully saturated rings. The summed E-state index contributed by atoms with van der Waals surface area (Å²) in [5, 5.41) is 11.6. The van der Waals surface area contributed by atoms with E-state index in [9.17, 15) is 4.79 Å². The largest absolute Gasteiger partial charge is 0.361 e. The highest BCUT2D eigenvalue weighted by Gasteiger charge is 2.31. The maximum absolute atomic E-state index is 13.1. The number of hydrogen-bond donors (Lipinski definition) is 0. The number of likely N-dealkylation sites (tertiary alicyclic amines) is 1. The summed E-state index contributed by atoms with van der Waals surface area (Å²) in [5.41, 5.74) is 4.48. The average molecular weight is 396 g/mol. The van der Waals surface area contributed by atoms with Crippen molar-refractivity contribution >= 4 is 5.91 Å². The number of rotatable bonds is 4. The van der Waals surface area contributed by atoms with Crippen LogP contribution in [0.3, 0.4) is 0 Å². The summed E-state index contributed by atoms with van der Waals surface area (Å²) in [6.07, 6.45) is 3.05. The van der Waals surface area contributed by atoms with Gasteiger partial charge in [-0.1, -0.05) is 15.5 Å². The summed E-state index contributed by atoms with van der Waals surface area (Å²) < 4.78 is 10.0. The first-order chi connectivity index (χ1) is 13.9. The number of hydrogen-bond acceptors (Lipinski definition) is 8. The predicted octanol–water partition coefficient (Wildman–Crippen LogP) is 3.04. The van der Waals surface area contributed by atoms with Crippen LogP contribution >= 0.6 is 0 Å². The van der Waals surface area contributed by atoms with Gasteiger partial charge >= 0.3 is 0 Å². The van der Waals surface area contributed by atoms with E-state index in [0.717, 1.165) is 41.9 Å². The standard InChI is InChI=1S/C20H24N6O3/c1-11-9-16(22-20(21-11)19-13(3)23-28-14(19)4)17-7-5-6-8-26(17)18(27)10-15-12(2)24-29-25-15/h9,17H,5-8,10H2,1-4H3. The monoisotopic (exact) mass is 396 g/mol. The lowest BCUT2D eigenvalue weighted by Crippen LogP contribution is -2.40. The molecule has 0 bridgehead atoms. The second kappa shape index (κ2) is 7.73. The molecular formula is C20H24N6O3. The van der Waals surface area contributed by atoms with Crippen LogP contribution in [-0.2, 0) is 11.2 Å². The number of aryl methyl sites for hydroxylation is 4. The number of carbonyl (C=O) groups excluding carboxylic acids is 1. The maximum Gasteiger partial charge on any atom is 0.229 e. The lowest BCUT2D eigenvalue weighted by Gasteiger charge is -2.35. The highest BCUT2D eigenvalue weighted by atomic mass is 16.6. The van der Waals surface area contributed by atoms with Gasteiger partial charge in [0.05, 0.1) is 29.4 Å². The van der Waals surface area contributed by atoms with Crippen molar-refractivity contribution in [1.82, 2.24) is 30.3 Å². The molecule has 1 amide bonds. The number of piperidine rings is 1. The second-order valence-electron chi connectivity index (χ2n) is 7.53. The molecule has 3 aromatic rings. The molecule has 9 heteroatoms. The van der Waals surface area contributed by atoms with E-state index in [1.807, 2.05) is 31.7 Å². The Hall–Kier alpha value is -3.10. The number of nitrogens with zero attached hydrogens (tertiary/aromatic N) is 6. The molecule has 4 rings (SSSR count). The molecule has 0 aliphatic carbocycles. The van der Waals surface area contributed by atoms with Gasteiger partial charge < -0.3 is 9.42 Å². The third-order valence-electron chi connectivity index (χ3n) is 5.36. The van der Waals surface area contributed by atoms with Gasteiger partial charge in [0.15, 0.2) is 5.82 Å². The quantitative estimate of drug-likeness (QED) is 0.661. The van der Waals surface area contributed by atoms with E-state index in [0.29, 0.717) is 29.5 Å². The molecule has 0 saturated carbocycles. The lowest BCUT2D eigenvalue weighted by molar-refractivity contribution is -0.134. The summed E-state index contributed by atoms with van der Waals surface area (Å²) in [6, 6.07) is 1.86. The van der Waals surface area contributed by atoms with Gasteiger partial charge in [0, 0.05) is 12.2 Å². The molecule has 152 valence electrons. The Labute approximate surface area is 168 Å². The Kier molecular flexibility index (Phi) is 5.12. The van der Waals surface area contributed by atoms with E-state index >= 15 is 0 Å². The van der Waals surface area contributed by atoms with E-state index in [1.54, 1.807) is 6.92 Å². The van der Waals surface area contributed by atoms with Crippen molar-refractivity contribution < 1.29 is 13.9 Å². The van der Waals surface area contributed by atoms with Crippen molar-refractivity contribution in [2.24, 2.45) is 0 Å². The van der Waals surface area contributed by atoms with E-state index in [2.05, 4.69) is 20.5 Å². The normalized spacial score (nSPS) is 17.0. The van der Waals surface area contributed by atoms with Crippen LogP contribution < -0.4 is 0 Å². The van der Waals surface area contributed by atoms with Crippen LogP contribution in [0.1, 0.15) is 59.5 Å². The Morgan fingerprint density at radius 3 is 2.62 bits per heavy atom. The van der Waals surface area contributed by atoms with Crippen molar-refractivity contribution in [2.75, 3.05) is 6.54 Å². The fourth-order valence-electron chi connectivity index (χ4n) is 3.87. The van der Waals surface area contributed by atoms with Crippen LogP contribution in [0.4, 0.5) is 0 Å². The summed E-state index contributed by atoms with van der Waals surface area (Å²) in [7, 11) is 0. The minimum absolute atomic E-state index is 0.00338. The first kappa shape index (κ1) is 19.2. The molecule has 3 aromatic heterocycles. The van der Waals surface area contributed by atoms with Crippen molar-refractivity contribution in [1.29, 1.82) is 0 Å². The third kappa shape index (κ3) is 3.76. The van der Waals surface area contributed by atoms with Crippen molar-refractivity contribution in [3.05, 3.63) is 40.3 Å². The van der Waals surface area contributed by atoms with E-state index in [4.69, 9.17) is 14.1 Å². The summed E-state index contributed by atoms with van der Waals surface area (Å²) in [6.45, 7) is 8.15. The number of carbonyl (C=O) groups is 1.